The number of ether oxygens (including phenoxy) is 1. The summed E-state index contributed by atoms with van der Waals surface area (Å²) in [6.45, 7) is 2.24. The first-order valence-corrected chi connectivity index (χ1v) is 8.15. The number of nitrogens with zero attached hydrogens (tertiary/aromatic N) is 3. The van der Waals surface area contributed by atoms with Crippen LogP contribution < -0.4 is 9.64 Å². The number of anilines is 1. The normalized spacial score (nSPS) is 25.5. The van der Waals surface area contributed by atoms with Crippen LogP contribution in [0.4, 0.5) is 5.69 Å². The van der Waals surface area contributed by atoms with Crippen molar-refractivity contribution in [1.29, 1.82) is 0 Å². The van der Waals surface area contributed by atoms with E-state index in [0.717, 1.165) is 24.4 Å². The van der Waals surface area contributed by atoms with Crippen LogP contribution in [0.25, 0.3) is 10.9 Å². The molecule has 3 heterocycles. The van der Waals surface area contributed by atoms with Crippen molar-refractivity contribution < 1.29 is 4.74 Å². The summed E-state index contributed by atoms with van der Waals surface area (Å²) in [7, 11) is 3.98. The first-order chi connectivity index (χ1) is 10.7. The van der Waals surface area contributed by atoms with Crippen molar-refractivity contribution >= 4 is 16.6 Å². The molecule has 2 atom stereocenters. The van der Waals surface area contributed by atoms with Crippen LogP contribution in [0.2, 0.25) is 0 Å². The van der Waals surface area contributed by atoms with E-state index in [1.165, 1.54) is 30.3 Å². The van der Waals surface area contributed by atoms with Crippen LogP contribution in [0.3, 0.4) is 0 Å². The van der Waals surface area contributed by atoms with Crippen molar-refractivity contribution in [2.75, 3.05) is 32.1 Å². The molecule has 1 aromatic carbocycles. The predicted molar refractivity (Wildman–Crippen MR) is 89.7 cm³/mol. The first kappa shape index (κ1) is 13.8. The maximum Gasteiger partial charge on any atom is 0.121 e. The highest BCUT2D eigenvalue weighted by molar-refractivity contribution is 5.83. The number of piperidine rings is 1. The predicted octanol–water partition coefficient (Wildman–Crippen LogP) is 2.92. The van der Waals surface area contributed by atoms with Gasteiger partial charge in [-0.1, -0.05) is 6.42 Å². The van der Waals surface area contributed by atoms with Gasteiger partial charge in [0.1, 0.15) is 5.75 Å². The number of benzene rings is 1. The summed E-state index contributed by atoms with van der Waals surface area (Å²) >= 11 is 0. The van der Waals surface area contributed by atoms with E-state index in [1.54, 1.807) is 7.11 Å². The number of piperazine rings is 1. The molecule has 4 nitrogen and oxygen atoms in total. The molecule has 0 N–H and O–H groups in total. The van der Waals surface area contributed by atoms with Gasteiger partial charge in [0.05, 0.1) is 24.5 Å². The molecule has 1 aromatic heterocycles. The fourth-order valence-corrected chi connectivity index (χ4v) is 3.92. The molecule has 0 aliphatic carbocycles. The number of methoxy groups -OCH3 is 1. The molecule has 2 aliphatic heterocycles. The van der Waals surface area contributed by atoms with Crippen LogP contribution in [-0.4, -0.2) is 49.2 Å². The molecular formula is C18H23N3O. The van der Waals surface area contributed by atoms with Crippen LogP contribution in [0.5, 0.6) is 5.75 Å². The number of aromatic nitrogens is 1. The third-order valence-electron chi connectivity index (χ3n) is 5.33. The van der Waals surface area contributed by atoms with Crippen LogP contribution in [-0.2, 0) is 0 Å². The van der Waals surface area contributed by atoms with Crippen LogP contribution in [0, 0.1) is 0 Å². The smallest absolute Gasteiger partial charge is 0.121 e. The van der Waals surface area contributed by atoms with Crippen molar-refractivity contribution in [3.8, 4) is 5.75 Å². The molecule has 4 heteroatoms. The molecule has 2 aliphatic rings. The lowest BCUT2D eigenvalue weighted by atomic mass is 9.92. The van der Waals surface area contributed by atoms with Gasteiger partial charge in [-0.3, -0.25) is 9.88 Å². The van der Waals surface area contributed by atoms with E-state index in [0.29, 0.717) is 12.1 Å². The Bertz CT molecular complexity index is 673. The van der Waals surface area contributed by atoms with Gasteiger partial charge in [0.2, 0.25) is 0 Å². The zero-order valence-electron chi connectivity index (χ0n) is 13.3. The van der Waals surface area contributed by atoms with Gasteiger partial charge in [0, 0.05) is 36.6 Å². The Balaban J connectivity index is 1.64. The van der Waals surface area contributed by atoms with Gasteiger partial charge in [0.15, 0.2) is 0 Å². The molecule has 2 unspecified atom stereocenters. The summed E-state index contributed by atoms with van der Waals surface area (Å²) in [5, 5.41) is 1.18. The van der Waals surface area contributed by atoms with E-state index in [9.17, 15) is 0 Å². The minimum atomic E-state index is 0.694. The topological polar surface area (TPSA) is 28.6 Å². The van der Waals surface area contributed by atoms with Crippen molar-refractivity contribution in [2.24, 2.45) is 0 Å². The Kier molecular flexibility index (Phi) is 3.41. The molecule has 2 aromatic rings. The zero-order chi connectivity index (χ0) is 15.1. The zero-order valence-corrected chi connectivity index (χ0v) is 13.3. The van der Waals surface area contributed by atoms with E-state index in [2.05, 4.69) is 34.0 Å². The number of hydrogen-bond acceptors (Lipinski definition) is 4. The lowest BCUT2D eigenvalue weighted by molar-refractivity contribution is 0.0950. The van der Waals surface area contributed by atoms with Gasteiger partial charge >= 0.3 is 0 Å². The Morgan fingerprint density at radius 2 is 1.91 bits per heavy atom. The van der Waals surface area contributed by atoms with E-state index < -0.39 is 0 Å². The molecule has 116 valence electrons. The Morgan fingerprint density at radius 3 is 2.64 bits per heavy atom. The summed E-state index contributed by atoms with van der Waals surface area (Å²) in [5.74, 6) is 0.863. The third-order valence-corrected chi connectivity index (χ3v) is 5.33. The highest BCUT2D eigenvalue weighted by Gasteiger charge is 2.34. The van der Waals surface area contributed by atoms with Gasteiger partial charge in [-0.2, -0.15) is 0 Å². The fraction of sp³-hybridized carbons (Fsp3) is 0.500. The minimum absolute atomic E-state index is 0.694. The Labute approximate surface area is 131 Å². The molecule has 2 fully saturated rings. The molecule has 0 amide bonds. The third kappa shape index (κ3) is 2.31. The molecule has 0 saturated carbocycles. The van der Waals surface area contributed by atoms with Gasteiger partial charge in [-0.25, -0.2) is 0 Å². The largest absolute Gasteiger partial charge is 0.497 e. The number of fused-ring (bicyclic) bond motifs is 3. The molecule has 4 rings (SSSR count). The monoisotopic (exact) mass is 297 g/mol. The average Bonchev–Trinajstić information content (AvgIpc) is 2.53. The standard InChI is InChI=1S/C18H23N3O/c1-20-14-4-3-5-15(20)12-21(11-14)16-8-13-6-7-17(22-2)9-18(13)19-10-16/h6-10,14-15H,3-5,11-12H2,1-2H3. The number of likely N-dealkylation sites (N-methyl/N-ethyl adjacent to an activating group) is 1. The molecule has 2 bridgehead atoms. The fourth-order valence-electron chi connectivity index (χ4n) is 3.92. The Morgan fingerprint density at radius 1 is 1.14 bits per heavy atom. The average molecular weight is 297 g/mol. The molecule has 2 saturated heterocycles. The summed E-state index contributed by atoms with van der Waals surface area (Å²) in [5.41, 5.74) is 2.25. The molecular weight excluding hydrogens is 274 g/mol. The quantitative estimate of drug-likeness (QED) is 0.852. The number of rotatable bonds is 2. The summed E-state index contributed by atoms with van der Waals surface area (Å²) in [4.78, 5) is 9.74. The second kappa shape index (κ2) is 5.43. The minimum Gasteiger partial charge on any atom is -0.497 e. The van der Waals surface area contributed by atoms with Crippen molar-refractivity contribution in [1.82, 2.24) is 9.88 Å². The number of pyridine rings is 1. The maximum atomic E-state index is 5.27. The second-order valence-electron chi connectivity index (χ2n) is 6.56. The van der Waals surface area contributed by atoms with Crippen molar-refractivity contribution in [3.63, 3.8) is 0 Å². The molecule has 0 spiro atoms. The lowest BCUT2D eigenvalue weighted by Gasteiger charge is -2.49. The van der Waals surface area contributed by atoms with Gasteiger partial charge in [-0.05, 0) is 38.1 Å². The maximum absolute atomic E-state index is 5.27. The summed E-state index contributed by atoms with van der Waals surface area (Å²) in [6, 6.07) is 9.76. The highest BCUT2D eigenvalue weighted by Crippen LogP contribution is 2.31. The lowest BCUT2D eigenvalue weighted by Crippen LogP contribution is -2.59. The second-order valence-corrected chi connectivity index (χ2v) is 6.56. The van der Waals surface area contributed by atoms with E-state index in [1.807, 2.05) is 18.3 Å². The summed E-state index contributed by atoms with van der Waals surface area (Å²) < 4.78 is 5.27. The Hall–Kier alpha value is -1.81. The van der Waals surface area contributed by atoms with Gasteiger partial charge in [0.25, 0.3) is 0 Å². The highest BCUT2D eigenvalue weighted by atomic mass is 16.5. The number of hydrogen-bond donors (Lipinski definition) is 0. The van der Waals surface area contributed by atoms with Crippen molar-refractivity contribution in [2.45, 2.75) is 31.3 Å². The molecule has 0 radical (unpaired) electrons. The molecule has 22 heavy (non-hydrogen) atoms. The van der Waals surface area contributed by atoms with Crippen LogP contribution in [0.15, 0.2) is 30.5 Å². The summed E-state index contributed by atoms with van der Waals surface area (Å²) in [6.07, 6.45) is 6.04. The van der Waals surface area contributed by atoms with Crippen molar-refractivity contribution in [3.05, 3.63) is 30.5 Å². The first-order valence-electron chi connectivity index (χ1n) is 8.15. The van der Waals surface area contributed by atoms with Gasteiger partial charge in [-0.15, -0.1) is 0 Å². The van der Waals surface area contributed by atoms with E-state index >= 15 is 0 Å². The van der Waals surface area contributed by atoms with Crippen LogP contribution in [0.1, 0.15) is 19.3 Å². The van der Waals surface area contributed by atoms with E-state index in [-0.39, 0.29) is 0 Å². The van der Waals surface area contributed by atoms with Crippen LogP contribution >= 0.6 is 0 Å². The van der Waals surface area contributed by atoms with Gasteiger partial charge < -0.3 is 9.64 Å². The SMILES string of the molecule is COc1ccc2cc(N3CC4CCCC(C3)N4C)cnc2c1. The van der Waals surface area contributed by atoms with E-state index in [4.69, 9.17) is 4.74 Å².